The highest BCUT2D eigenvalue weighted by molar-refractivity contribution is 5.78. The van der Waals surface area contributed by atoms with Crippen molar-refractivity contribution in [2.24, 2.45) is 0 Å². The van der Waals surface area contributed by atoms with E-state index in [0.717, 1.165) is 39.4 Å². The Morgan fingerprint density at radius 2 is 1.86 bits per heavy atom. The number of nitrogens with one attached hydrogen (secondary N) is 1. The van der Waals surface area contributed by atoms with Gasteiger partial charge in [-0.15, -0.1) is 0 Å². The van der Waals surface area contributed by atoms with Gasteiger partial charge in [0.05, 0.1) is 13.2 Å². The molecule has 5 nitrogen and oxygen atoms in total. The van der Waals surface area contributed by atoms with Gasteiger partial charge in [0.2, 0.25) is 5.91 Å². The first-order valence-electron chi connectivity index (χ1n) is 8.98. The van der Waals surface area contributed by atoms with Crippen molar-refractivity contribution >= 4 is 5.91 Å². The van der Waals surface area contributed by atoms with Gasteiger partial charge in [-0.1, -0.05) is 12.8 Å². The summed E-state index contributed by atoms with van der Waals surface area (Å²) >= 11 is 0. The van der Waals surface area contributed by atoms with Crippen molar-refractivity contribution in [2.45, 2.75) is 63.6 Å². The highest BCUT2D eigenvalue weighted by atomic mass is 16.5. The van der Waals surface area contributed by atoms with Crippen molar-refractivity contribution in [3.05, 3.63) is 0 Å². The molecule has 3 fully saturated rings. The summed E-state index contributed by atoms with van der Waals surface area (Å²) in [5.41, 5.74) is 0.106. The van der Waals surface area contributed by atoms with E-state index in [2.05, 4.69) is 29.0 Å². The summed E-state index contributed by atoms with van der Waals surface area (Å²) in [7, 11) is 0. The summed E-state index contributed by atoms with van der Waals surface area (Å²) in [6.45, 7) is 9.73. The van der Waals surface area contributed by atoms with Gasteiger partial charge in [0.25, 0.3) is 0 Å². The molecular weight excluding hydrogens is 278 g/mol. The van der Waals surface area contributed by atoms with Crippen LogP contribution in [0, 0.1) is 0 Å². The van der Waals surface area contributed by atoms with Crippen molar-refractivity contribution in [3.63, 3.8) is 0 Å². The first-order chi connectivity index (χ1) is 10.6. The second-order valence-corrected chi connectivity index (χ2v) is 7.28. The lowest BCUT2D eigenvalue weighted by Gasteiger charge is -2.45. The molecule has 3 aliphatic rings. The van der Waals surface area contributed by atoms with E-state index in [1.807, 2.05) is 0 Å². The van der Waals surface area contributed by atoms with Crippen LogP contribution in [-0.4, -0.2) is 72.7 Å². The average Bonchev–Trinajstić information content (AvgIpc) is 3.00. The molecule has 2 saturated heterocycles. The van der Waals surface area contributed by atoms with Gasteiger partial charge in [-0.3, -0.25) is 9.69 Å². The van der Waals surface area contributed by atoms with Crippen LogP contribution in [0.4, 0.5) is 0 Å². The number of piperazine rings is 1. The lowest BCUT2D eigenvalue weighted by Crippen LogP contribution is -2.60. The smallest absolute Gasteiger partial charge is 0.224 e. The zero-order valence-electron chi connectivity index (χ0n) is 14.1. The van der Waals surface area contributed by atoms with Gasteiger partial charge in [-0.25, -0.2) is 0 Å². The summed E-state index contributed by atoms with van der Waals surface area (Å²) in [6, 6.07) is 0.685. The molecule has 126 valence electrons. The Morgan fingerprint density at radius 3 is 2.55 bits per heavy atom. The molecule has 2 aliphatic heterocycles. The third kappa shape index (κ3) is 3.17. The van der Waals surface area contributed by atoms with Gasteiger partial charge in [0, 0.05) is 50.2 Å². The molecule has 1 saturated carbocycles. The Labute approximate surface area is 134 Å². The maximum Gasteiger partial charge on any atom is 0.224 e. The second-order valence-electron chi connectivity index (χ2n) is 7.28. The van der Waals surface area contributed by atoms with E-state index in [1.165, 1.54) is 25.7 Å². The van der Waals surface area contributed by atoms with Crippen LogP contribution in [0.3, 0.4) is 0 Å². The molecular formula is C17H31N3O2. The predicted octanol–water partition coefficient (Wildman–Crippen LogP) is 1.23. The van der Waals surface area contributed by atoms with Crippen LogP contribution in [0.2, 0.25) is 0 Å². The van der Waals surface area contributed by atoms with E-state index in [1.54, 1.807) is 0 Å². The van der Waals surface area contributed by atoms with Crippen LogP contribution in [0.15, 0.2) is 0 Å². The molecule has 3 rings (SSSR count). The fraction of sp³-hybridized carbons (Fsp3) is 0.941. The SMILES string of the molecule is CC1NCCN(C(=O)CC2(N3CCOCC3)CCCC2)C1C. The molecule has 1 aliphatic carbocycles. The van der Waals surface area contributed by atoms with Crippen LogP contribution in [0.25, 0.3) is 0 Å². The number of hydrogen-bond donors (Lipinski definition) is 1. The van der Waals surface area contributed by atoms with Crippen molar-refractivity contribution in [3.8, 4) is 0 Å². The van der Waals surface area contributed by atoms with Crippen LogP contribution < -0.4 is 5.32 Å². The molecule has 0 aromatic carbocycles. The molecule has 0 aromatic rings. The monoisotopic (exact) mass is 309 g/mol. The Morgan fingerprint density at radius 1 is 1.18 bits per heavy atom. The van der Waals surface area contributed by atoms with E-state index in [0.29, 0.717) is 24.4 Å². The van der Waals surface area contributed by atoms with Crippen molar-refractivity contribution < 1.29 is 9.53 Å². The number of carbonyl (C=O) groups excluding carboxylic acids is 1. The van der Waals surface area contributed by atoms with Gasteiger partial charge < -0.3 is 15.0 Å². The Balaban J connectivity index is 1.69. The molecule has 2 heterocycles. The highest BCUT2D eigenvalue weighted by Gasteiger charge is 2.43. The van der Waals surface area contributed by atoms with Gasteiger partial charge in [0.1, 0.15) is 0 Å². The van der Waals surface area contributed by atoms with Crippen molar-refractivity contribution in [1.82, 2.24) is 15.1 Å². The molecule has 0 spiro atoms. The van der Waals surface area contributed by atoms with E-state index >= 15 is 0 Å². The summed E-state index contributed by atoms with van der Waals surface area (Å²) < 4.78 is 5.51. The second kappa shape index (κ2) is 6.85. The maximum absolute atomic E-state index is 13.0. The average molecular weight is 309 g/mol. The van der Waals surface area contributed by atoms with Gasteiger partial charge in [-0.2, -0.15) is 0 Å². The molecule has 1 amide bonds. The highest BCUT2D eigenvalue weighted by Crippen LogP contribution is 2.39. The lowest BCUT2D eigenvalue weighted by atomic mass is 9.89. The first-order valence-corrected chi connectivity index (χ1v) is 8.98. The largest absolute Gasteiger partial charge is 0.379 e. The first kappa shape index (κ1) is 16.2. The zero-order valence-corrected chi connectivity index (χ0v) is 14.1. The third-order valence-corrected chi connectivity index (χ3v) is 6.05. The van der Waals surface area contributed by atoms with E-state index < -0.39 is 0 Å². The predicted molar refractivity (Wildman–Crippen MR) is 86.8 cm³/mol. The van der Waals surface area contributed by atoms with E-state index in [4.69, 9.17) is 4.74 Å². The van der Waals surface area contributed by atoms with Gasteiger partial charge >= 0.3 is 0 Å². The van der Waals surface area contributed by atoms with Crippen LogP contribution in [0.5, 0.6) is 0 Å². The maximum atomic E-state index is 13.0. The minimum Gasteiger partial charge on any atom is -0.379 e. The lowest BCUT2D eigenvalue weighted by molar-refractivity contribution is -0.139. The van der Waals surface area contributed by atoms with E-state index in [9.17, 15) is 4.79 Å². The summed E-state index contributed by atoms with van der Waals surface area (Å²) in [4.78, 5) is 17.7. The number of morpholine rings is 1. The van der Waals surface area contributed by atoms with Crippen LogP contribution in [0.1, 0.15) is 46.0 Å². The molecule has 22 heavy (non-hydrogen) atoms. The Bertz CT molecular complexity index is 389. The summed E-state index contributed by atoms with van der Waals surface area (Å²) in [5.74, 6) is 0.356. The molecule has 2 unspecified atom stereocenters. The van der Waals surface area contributed by atoms with Crippen molar-refractivity contribution in [1.29, 1.82) is 0 Å². The molecule has 0 aromatic heterocycles. The summed E-state index contributed by atoms with van der Waals surface area (Å²) in [5, 5.41) is 3.46. The van der Waals surface area contributed by atoms with Crippen molar-refractivity contribution in [2.75, 3.05) is 39.4 Å². The molecule has 0 bridgehead atoms. The number of amides is 1. The van der Waals surface area contributed by atoms with Gasteiger partial charge in [-0.05, 0) is 26.7 Å². The Hall–Kier alpha value is -0.650. The van der Waals surface area contributed by atoms with Gasteiger partial charge in [0.15, 0.2) is 0 Å². The molecule has 5 heteroatoms. The number of rotatable bonds is 3. The molecule has 0 radical (unpaired) electrons. The normalized spacial score (nSPS) is 33.1. The number of hydrogen-bond acceptors (Lipinski definition) is 4. The van der Waals surface area contributed by atoms with Crippen LogP contribution >= 0.6 is 0 Å². The summed E-state index contributed by atoms with van der Waals surface area (Å²) in [6.07, 6.45) is 5.57. The van der Waals surface area contributed by atoms with Crippen LogP contribution in [-0.2, 0) is 9.53 Å². The molecule has 1 N–H and O–H groups in total. The minimum atomic E-state index is 0.106. The molecule has 2 atom stereocenters. The third-order valence-electron chi connectivity index (χ3n) is 6.05. The Kier molecular flexibility index (Phi) is 5.05. The number of nitrogens with zero attached hydrogens (tertiary/aromatic N) is 2. The topological polar surface area (TPSA) is 44.8 Å². The standard InChI is InChI=1S/C17H31N3O2/c1-14-15(2)20(8-7-18-14)16(21)13-17(5-3-4-6-17)19-9-11-22-12-10-19/h14-15,18H,3-13H2,1-2H3. The minimum absolute atomic E-state index is 0.106. The zero-order chi connectivity index (χ0) is 15.6. The quantitative estimate of drug-likeness (QED) is 0.852. The fourth-order valence-corrected chi connectivity index (χ4v) is 4.47. The van der Waals surface area contributed by atoms with E-state index in [-0.39, 0.29) is 5.54 Å². The number of ether oxygens (including phenoxy) is 1. The number of carbonyl (C=O) groups is 1. The fourth-order valence-electron chi connectivity index (χ4n) is 4.47.